The molecule has 2 aromatic carbocycles. The molecule has 0 fully saturated rings. The second-order valence-corrected chi connectivity index (χ2v) is 5.55. The summed E-state index contributed by atoms with van der Waals surface area (Å²) in [4.78, 5) is 10.9. The van der Waals surface area contributed by atoms with Crippen LogP contribution in [0.2, 0.25) is 5.02 Å². The van der Waals surface area contributed by atoms with E-state index >= 15 is 0 Å². The van der Waals surface area contributed by atoms with E-state index in [1.165, 1.54) is 36.4 Å². The van der Waals surface area contributed by atoms with E-state index in [9.17, 15) is 23.3 Å². The highest BCUT2D eigenvalue weighted by Crippen LogP contribution is 2.38. The van der Waals surface area contributed by atoms with Crippen LogP contribution in [0.1, 0.15) is 5.56 Å². The van der Waals surface area contributed by atoms with Crippen molar-refractivity contribution in [3.8, 4) is 0 Å². The van der Waals surface area contributed by atoms with Crippen LogP contribution in [-0.2, 0) is 6.18 Å². The fourth-order valence-electron chi connectivity index (χ4n) is 1.56. The fraction of sp³-hybridized carbons (Fsp3) is 0.0769. The minimum atomic E-state index is -4.52. The zero-order chi connectivity index (χ0) is 15.6. The van der Waals surface area contributed by atoms with Gasteiger partial charge in [-0.25, -0.2) is 0 Å². The van der Waals surface area contributed by atoms with Gasteiger partial charge in [0.15, 0.2) is 0 Å². The summed E-state index contributed by atoms with van der Waals surface area (Å²) in [5.41, 5.74) is -0.984. The average molecular weight is 334 g/mol. The lowest BCUT2D eigenvalue weighted by Gasteiger charge is -2.10. The van der Waals surface area contributed by atoms with E-state index in [1.54, 1.807) is 0 Å². The lowest BCUT2D eigenvalue weighted by Crippen LogP contribution is -2.05. The lowest BCUT2D eigenvalue weighted by atomic mass is 10.2. The quantitative estimate of drug-likeness (QED) is 0.556. The van der Waals surface area contributed by atoms with Crippen molar-refractivity contribution in [2.45, 2.75) is 16.0 Å². The molecule has 2 rings (SSSR count). The Labute approximate surface area is 126 Å². The van der Waals surface area contributed by atoms with Crippen LogP contribution in [0.5, 0.6) is 0 Å². The maximum Gasteiger partial charge on any atom is 0.417 e. The normalized spacial score (nSPS) is 11.4. The van der Waals surface area contributed by atoms with Crippen molar-refractivity contribution < 1.29 is 18.1 Å². The van der Waals surface area contributed by atoms with Crippen molar-refractivity contribution in [3.05, 3.63) is 63.2 Å². The van der Waals surface area contributed by atoms with Crippen LogP contribution in [0.3, 0.4) is 0 Å². The van der Waals surface area contributed by atoms with Crippen molar-refractivity contribution in [3.63, 3.8) is 0 Å². The molecule has 3 nitrogen and oxygen atoms in total. The molecule has 0 atom stereocenters. The molecular formula is C13H7ClF3NO2S. The van der Waals surface area contributed by atoms with Gasteiger partial charge in [-0.15, -0.1) is 0 Å². The van der Waals surface area contributed by atoms with Crippen molar-refractivity contribution in [2.75, 3.05) is 0 Å². The van der Waals surface area contributed by atoms with Crippen molar-refractivity contribution in [1.29, 1.82) is 0 Å². The molecule has 0 unspecified atom stereocenters. The Balaban J connectivity index is 2.26. The molecule has 2 aromatic rings. The Hall–Kier alpha value is -1.73. The first kappa shape index (κ1) is 15.7. The molecule has 0 N–H and O–H groups in total. The molecule has 0 aliphatic rings. The third kappa shape index (κ3) is 3.89. The first-order chi connectivity index (χ1) is 9.77. The summed E-state index contributed by atoms with van der Waals surface area (Å²) in [7, 11) is 0. The Kier molecular flexibility index (Phi) is 4.43. The van der Waals surface area contributed by atoms with Crippen LogP contribution in [0.25, 0.3) is 0 Å². The zero-order valence-corrected chi connectivity index (χ0v) is 11.8. The summed E-state index contributed by atoms with van der Waals surface area (Å²) >= 11 is 6.60. The van der Waals surface area contributed by atoms with E-state index in [2.05, 4.69) is 0 Å². The van der Waals surface area contributed by atoms with Crippen LogP contribution >= 0.6 is 23.4 Å². The van der Waals surface area contributed by atoms with Gasteiger partial charge in [-0.2, -0.15) is 13.2 Å². The third-order valence-electron chi connectivity index (χ3n) is 2.53. The van der Waals surface area contributed by atoms with Gasteiger partial charge >= 0.3 is 6.18 Å². The van der Waals surface area contributed by atoms with E-state index in [-0.39, 0.29) is 10.7 Å². The van der Waals surface area contributed by atoms with Gasteiger partial charge in [0.2, 0.25) is 0 Å². The van der Waals surface area contributed by atoms with E-state index in [0.29, 0.717) is 9.79 Å². The Bertz CT molecular complexity index is 674. The highest BCUT2D eigenvalue weighted by molar-refractivity contribution is 7.99. The summed E-state index contributed by atoms with van der Waals surface area (Å²) in [5, 5.41) is 10.2. The third-order valence-corrected chi connectivity index (χ3v) is 3.85. The Morgan fingerprint density at radius 1 is 1.05 bits per heavy atom. The molecular weight excluding hydrogens is 327 g/mol. The molecule has 0 saturated carbocycles. The van der Waals surface area contributed by atoms with Crippen molar-refractivity contribution >= 4 is 29.1 Å². The molecule has 8 heteroatoms. The van der Waals surface area contributed by atoms with Crippen LogP contribution in [0.15, 0.2) is 52.3 Å². The summed E-state index contributed by atoms with van der Waals surface area (Å²) in [6.45, 7) is 0. The molecule has 0 saturated heterocycles. The number of nitro benzene ring substituents is 1. The van der Waals surface area contributed by atoms with Crippen molar-refractivity contribution in [1.82, 2.24) is 0 Å². The van der Waals surface area contributed by atoms with Gasteiger partial charge in [0.1, 0.15) is 0 Å². The predicted molar refractivity (Wildman–Crippen MR) is 73.7 cm³/mol. The number of alkyl halides is 3. The number of nitrogens with zero attached hydrogens (tertiary/aromatic N) is 1. The second-order valence-electron chi connectivity index (χ2n) is 3.99. The lowest BCUT2D eigenvalue weighted by molar-refractivity contribution is -0.384. The zero-order valence-electron chi connectivity index (χ0n) is 10.2. The molecule has 0 spiro atoms. The van der Waals surface area contributed by atoms with Gasteiger partial charge in [-0.3, -0.25) is 10.1 Å². The summed E-state index contributed by atoms with van der Waals surface area (Å²) in [5.74, 6) is 0. The topological polar surface area (TPSA) is 43.1 Å². The van der Waals surface area contributed by atoms with E-state index in [0.717, 1.165) is 17.8 Å². The highest BCUT2D eigenvalue weighted by atomic mass is 35.5. The second kappa shape index (κ2) is 5.95. The van der Waals surface area contributed by atoms with Gasteiger partial charge in [0.05, 0.1) is 15.5 Å². The molecule has 0 aliphatic heterocycles. The maximum absolute atomic E-state index is 12.7. The monoisotopic (exact) mass is 333 g/mol. The number of non-ortho nitro benzene ring substituents is 1. The fourth-order valence-corrected chi connectivity index (χ4v) is 2.64. The molecule has 0 heterocycles. The minimum absolute atomic E-state index is 0.0774. The number of rotatable bonds is 3. The number of halogens is 4. The Morgan fingerprint density at radius 2 is 1.62 bits per heavy atom. The predicted octanol–water partition coefficient (Wildman–Crippen LogP) is 5.42. The van der Waals surface area contributed by atoms with Crippen LogP contribution in [0.4, 0.5) is 18.9 Å². The number of hydrogen-bond donors (Lipinski definition) is 0. The standard InChI is InChI=1S/C13H7ClF3NO2S/c14-12-6-5-10(7-11(12)13(15,16)17)21-9-3-1-8(2-4-9)18(19)20/h1-7H. The van der Waals surface area contributed by atoms with E-state index < -0.39 is 16.7 Å². The number of hydrogen-bond acceptors (Lipinski definition) is 3. The van der Waals surface area contributed by atoms with Gasteiger partial charge in [0, 0.05) is 21.9 Å². The molecule has 0 bridgehead atoms. The minimum Gasteiger partial charge on any atom is -0.258 e. The van der Waals surface area contributed by atoms with Gasteiger partial charge in [-0.1, -0.05) is 23.4 Å². The van der Waals surface area contributed by atoms with Crippen molar-refractivity contribution in [2.24, 2.45) is 0 Å². The maximum atomic E-state index is 12.7. The first-order valence-corrected chi connectivity index (χ1v) is 6.76. The van der Waals surface area contributed by atoms with Crippen LogP contribution in [0, 0.1) is 10.1 Å². The van der Waals surface area contributed by atoms with Gasteiger partial charge in [0.25, 0.3) is 5.69 Å². The Morgan fingerprint density at radius 3 is 2.14 bits per heavy atom. The summed E-state index contributed by atoms with van der Waals surface area (Å²) in [6.07, 6.45) is -4.52. The van der Waals surface area contributed by atoms with E-state index in [1.807, 2.05) is 0 Å². The van der Waals surface area contributed by atoms with Gasteiger partial charge < -0.3 is 0 Å². The molecule has 0 amide bonds. The van der Waals surface area contributed by atoms with Gasteiger partial charge in [-0.05, 0) is 30.3 Å². The smallest absolute Gasteiger partial charge is 0.258 e. The highest BCUT2D eigenvalue weighted by Gasteiger charge is 2.33. The SMILES string of the molecule is O=[N+]([O-])c1ccc(Sc2ccc(Cl)c(C(F)(F)F)c2)cc1. The van der Waals surface area contributed by atoms with Crippen LogP contribution < -0.4 is 0 Å². The average Bonchev–Trinajstić information content (AvgIpc) is 2.40. The van der Waals surface area contributed by atoms with Crippen LogP contribution in [-0.4, -0.2) is 4.92 Å². The number of benzene rings is 2. The first-order valence-electron chi connectivity index (χ1n) is 5.56. The molecule has 0 aliphatic carbocycles. The molecule has 0 radical (unpaired) electrons. The molecule has 0 aromatic heterocycles. The molecule has 110 valence electrons. The molecule has 21 heavy (non-hydrogen) atoms. The van der Waals surface area contributed by atoms with E-state index in [4.69, 9.17) is 11.6 Å². The largest absolute Gasteiger partial charge is 0.417 e. The number of nitro groups is 1. The summed E-state index contributed by atoms with van der Waals surface area (Å²) in [6, 6.07) is 9.14. The summed E-state index contributed by atoms with van der Waals surface area (Å²) < 4.78 is 38.2.